The summed E-state index contributed by atoms with van der Waals surface area (Å²) < 4.78 is 15.5. The highest BCUT2D eigenvalue weighted by atomic mass is 16.7. The minimum absolute atomic E-state index is 0.0501. The Morgan fingerprint density at radius 1 is 1.43 bits per heavy atom. The van der Waals surface area contributed by atoms with Crippen LogP contribution in [0, 0.1) is 0 Å². The summed E-state index contributed by atoms with van der Waals surface area (Å²) in [6, 6.07) is 0. The van der Waals surface area contributed by atoms with Crippen LogP contribution in [0.1, 0.15) is 20.8 Å². The van der Waals surface area contributed by atoms with Crippen LogP contribution in [0.5, 0.6) is 0 Å². The van der Waals surface area contributed by atoms with Crippen molar-refractivity contribution >= 4 is 5.97 Å². The van der Waals surface area contributed by atoms with Gasteiger partial charge in [-0.15, -0.1) is 0 Å². The van der Waals surface area contributed by atoms with Gasteiger partial charge in [0.15, 0.2) is 5.79 Å². The van der Waals surface area contributed by atoms with E-state index in [0.717, 1.165) is 0 Å². The van der Waals surface area contributed by atoms with Crippen LogP contribution in [0.3, 0.4) is 0 Å². The van der Waals surface area contributed by atoms with E-state index >= 15 is 0 Å². The van der Waals surface area contributed by atoms with Crippen LogP contribution < -0.4 is 0 Å². The third kappa shape index (κ3) is 2.82. The van der Waals surface area contributed by atoms with Gasteiger partial charge in [0.1, 0.15) is 6.10 Å². The number of hydrogen-bond donors (Lipinski definition) is 0. The molecule has 1 saturated heterocycles. The molecule has 1 rings (SSSR count). The predicted octanol–water partition coefficient (Wildman–Crippen LogP) is 1.26. The van der Waals surface area contributed by atoms with E-state index in [1.54, 1.807) is 6.08 Å². The maximum absolute atomic E-state index is 10.8. The zero-order chi connectivity index (χ0) is 10.8. The minimum atomic E-state index is -0.579. The van der Waals surface area contributed by atoms with E-state index in [1.165, 1.54) is 13.2 Å². The Hall–Kier alpha value is -0.870. The number of carbonyl (C=O) groups is 1. The van der Waals surface area contributed by atoms with Gasteiger partial charge in [-0.3, -0.25) is 0 Å². The van der Waals surface area contributed by atoms with Crippen molar-refractivity contribution in [2.24, 2.45) is 0 Å². The molecular formula is C10H16O4. The molecule has 2 atom stereocenters. The fourth-order valence-electron chi connectivity index (χ4n) is 1.40. The highest BCUT2D eigenvalue weighted by Gasteiger charge is 2.37. The molecule has 14 heavy (non-hydrogen) atoms. The van der Waals surface area contributed by atoms with E-state index in [4.69, 9.17) is 9.47 Å². The quantitative estimate of drug-likeness (QED) is 0.497. The van der Waals surface area contributed by atoms with Gasteiger partial charge in [-0.2, -0.15) is 0 Å². The van der Waals surface area contributed by atoms with E-state index in [1.807, 2.05) is 20.8 Å². The summed E-state index contributed by atoms with van der Waals surface area (Å²) in [4.78, 5) is 10.8. The van der Waals surface area contributed by atoms with Gasteiger partial charge in [-0.05, 0) is 26.8 Å². The van der Waals surface area contributed by atoms with Crippen molar-refractivity contribution in [1.82, 2.24) is 0 Å². The molecule has 1 fully saturated rings. The molecule has 0 N–H and O–H groups in total. The first kappa shape index (κ1) is 11.2. The van der Waals surface area contributed by atoms with E-state index in [0.29, 0.717) is 0 Å². The fraction of sp³-hybridized carbons (Fsp3) is 0.700. The van der Waals surface area contributed by atoms with Crippen molar-refractivity contribution < 1.29 is 19.0 Å². The van der Waals surface area contributed by atoms with Gasteiger partial charge in [0, 0.05) is 6.08 Å². The molecule has 1 aliphatic rings. The van der Waals surface area contributed by atoms with E-state index in [2.05, 4.69) is 4.74 Å². The Morgan fingerprint density at radius 2 is 2.07 bits per heavy atom. The van der Waals surface area contributed by atoms with Crippen LogP contribution in [-0.2, 0) is 19.0 Å². The lowest BCUT2D eigenvalue weighted by atomic mass is 10.2. The summed E-state index contributed by atoms with van der Waals surface area (Å²) in [5, 5.41) is 0. The van der Waals surface area contributed by atoms with Gasteiger partial charge in [-0.1, -0.05) is 0 Å². The summed E-state index contributed by atoms with van der Waals surface area (Å²) in [7, 11) is 1.34. The second-order valence-corrected chi connectivity index (χ2v) is 3.69. The number of ether oxygens (including phenoxy) is 3. The lowest BCUT2D eigenvalue weighted by molar-refractivity contribution is -0.141. The first-order chi connectivity index (χ1) is 6.44. The molecule has 0 aliphatic carbocycles. The number of carbonyl (C=O) groups excluding carboxylic acids is 1. The predicted molar refractivity (Wildman–Crippen MR) is 50.7 cm³/mol. The standard InChI is InChI=1S/C10H16O4/c1-7-8(5-6-9(11)12-4)14-10(2,3)13-7/h5-8H,1-4H3/b6-5-/t7-,8+/m1/s1. The van der Waals surface area contributed by atoms with Crippen LogP contribution in [0.4, 0.5) is 0 Å². The maximum atomic E-state index is 10.8. The number of esters is 1. The van der Waals surface area contributed by atoms with E-state index in [9.17, 15) is 4.79 Å². The SMILES string of the molecule is COC(=O)/C=C\[C@@H]1OC(C)(C)O[C@@H]1C. The van der Waals surface area contributed by atoms with Crippen LogP contribution >= 0.6 is 0 Å². The van der Waals surface area contributed by atoms with Gasteiger partial charge in [0.05, 0.1) is 13.2 Å². The smallest absolute Gasteiger partial charge is 0.330 e. The van der Waals surface area contributed by atoms with Crippen LogP contribution in [0.2, 0.25) is 0 Å². The van der Waals surface area contributed by atoms with Crippen LogP contribution in [0.15, 0.2) is 12.2 Å². The first-order valence-electron chi connectivity index (χ1n) is 4.56. The largest absolute Gasteiger partial charge is 0.466 e. The molecule has 0 amide bonds. The summed E-state index contributed by atoms with van der Waals surface area (Å²) >= 11 is 0. The number of hydrogen-bond acceptors (Lipinski definition) is 4. The molecule has 1 aliphatic heterocycles. The van der Waals surface area contributed by atoms with Gasteiger partial charge in [0.25, 0.3) is 0 Å². The Kier molecular flexibility index (Phi) is 3.29. The van der Waals surface area contributed by atoms with Gasteiger partial charge < -0.3 is 14.2 Å². The minimum Gasteiger partial charge on any atom is -0.466 e. The van der Waals surface area contributed by atoms with E-state index in [-0.39, 0.29) is 18.2 Å². The molecule has 0 aromatic heterocycles. The van der Waals surface area contributed by atoms with Crippen LogP contribution in [0.25, 0.3) is 0 Å². The van der Waals surface area contributed by atoms with Crippen molar-refractivity contribution in [3.63, 3.8) is 0 Å². The molecule has 0 spiro atoms. The zero-order valence-corrected chi connectivity index (χ0v) is 8.94. The lowest BCUT2D eigenvalue weighted by Crippen LogP contribution is -2.20. The summed E-state index contributed by atoms with van der Waals surface area (Å²) in [5.41, 5.74) is 0. The molecule has 0 unspecified atom stereocenters. The Bertz CT molecular complexity index is 245. The second kappa shape index (κ2) is 4.11. The molecule has 0 saturated carbocycles. The molecule has 1 heterocycles. The average Bonchev–Trinajstić information content (AvgIpc) is 2.35. The maximum Gasteiger partial charge on any atom is 0.330 e. The van der Waals surface area contributed by atoms with Crippen molar-refractivity contribution in [3.8, 4) is 0 Å². The van der Waals surface area contributed by atoms with Crippen molar-refractivity contribution in [3.05, 3.63) is 12.2 Å². The Morgan fingerprint density at radius 3 is 2.50 bits per heavy atom. The molecular weight excluding hydrogens is 184 g/mol. The summed E-state index contributed by atoms with van der Waals surface area (Å²) in [5.74, 6) is -0.963. The second-order valence-electron chi connectivity index (χ2n) is 3.69. The molecule has 80 valence electrons. The summed E-state index contributed by atoms with van der Waals surface area (Å²) in [6.45, 7) is 5.59. The molecule has 4 nitrogen and oxygen atoms in total. The third-order valence-corrected chi connectivity index (χ3v) is 1.98. The molecule has 0 aromatic rings. The fourth-order valence-corrected chi connectivity index (χ4v) is 1.40. The highest BCUT2D eigenvalue weighted by molar-refractivity contribution is 5.81. The normalized spacial score (nSPS) is 30.9. The molecule has 0 aromatic carbocycles. The zero-order valence-electron chi connectivity index (χ0n) is 8.94. The Labute approximate surface area is 83.8 Å². The number of methoxy groups -OCH3 is 1. The van der Waals surface area contributed by atoms with Gasteiger partial charge >= 0.3 is 5.97 Å². The first-order valence-corrected chi connectivity index (χ1v) is 4.56. The topological polar surface area (TPSA) is 44.8 Å². The Balaban J connectivity index is 2.55. The molecule has 0 bridgehead atoms. The number of rotatable bonds is 2. The monoisotopic (exact) mass is 200 g/mol. The van der Waals surface area contributed by atoms with Gasteiger partial charge in [0.2, 0.25) is 0 Å². The molecule has 0 radical (unpaired) electrons. The van der Waals surface area contributed by atoms with E-state index < -0.39 is 5.79 Å². The average molecular weight is 200 g/mol. The molecule has 4 heteroatoms. The van der Waals surface area contributed by atoms with Crippen molar-refractivity contribution in [2.75, 3.05) is 7.11 Å². The summed E-state index contributed by atoms with van der Waals surface area (Å²) in [6.07, 6.45) is 2.77. The third-order valence-electron chi connectivity index (χ3n) is 1.98. The van der Waals surface area contributed by atoms with Crippen molar-refractivity contribution in [2.45, 2.75) is 38.8 Å². The van der Waals surface area contributed by atoms with Crippen molar-refractivity contribution in [1.29, 1.82) is 0 Å². The highest BCUT2D eigenvalue weighted by Crippen LogP contribution is 2.28. The lowest BCUT2D eigenvalue weighted by Gasteiger charge is -2.15. The van der Waals surface area contributed by atoms with Crippen LogP contribution in [-0.4, -0.2) is 31.1 Å². The van der Waals surface area contributed by atoms with Gasteiger partial charge in [-0.25, -0.2) is 4.79 Å².